The van der Waals surface area contributed by atoms with Crippen LogP contribution in [0.5, 0.6) is 11.5 Å². The Bertz CT molecular complexity index is 848. The molecule has 0 radical (unpaired) electrons. The summed E-state index contributed by atoms with van der Waals surface area (Å²) in [7, 11) is 1.47. The lowest BCUT2D eigenvalue weighted by atomic mass is 10.2. The maximum atomic E-state index is 12.2. The fourth-order valence-corrected chi connectivity index (χ4v) is 2.26. The molecule has 0 saturated carbocycles. The van der Waals surface area contributed by atoms with Gasteiger partial charge in [-0.15, -0.1) is 0 Å². The molecule has 0 spiro atoms. The van der Waals surface area contributed by atoms with E-state index in [1.807, 2.05) is 6.92 Å². The Kier molecular flexibility index (Phi) is 7.38. The van der Waals surface area contributed by atoms with Crippen LogP contribution in [0, 0.1) is 0 Å². The summed E-state index contributed by atoms with van der Waals surface area (Å²) >= 11 is 0. The van der Waals surface area contributed by atoms with E-state index in [9.17, 15) is 14.4 Å². The van der Waals surface area contributed by atoms with Crippen LogP contribution in [0.4, 0.5) is 5.69 Å². The molecule has 0 heterocycles. The minimum Gasteiger partial charge on any atom is -0.493 e. The van der Waals surface area contributed by atoms with Crippen LogP contribution in [-0.2, 0) is 9.53 Å². The normalized spacial score (nSPS) is 10.1. The van der Waals surface area contributed by atoms with Crippen LogP contribution >= 0.6 is 0 Å². The quantitative estimate of drug-likeness (QED) is 0.639. The molecule has 0 fully saturated rings. The van der Waals surface area contributed by atoms with Crippen LogP contribution in [0.2, 0.25) is 0 Å². The van der Waals surface area contributed by atoms with Gasteiger partial charge in [0.25, 0.3) is 5.91 Å². The van der Waals surface area contributed by atoms with E-state index in [0.29, 0.717) is 29.4 Å². The summed E-state index contributed by atoms with van der Waals surface area (Å²) in [5.41, 5.74) is 6.16. The molecule has 0 bridgehead atoms. The highest BCUT2D eigenvalue weighted by Crippen LogP contribution is 2.28. The number of anilines is 1. The van der Waals surface area contributed by atoms with E-state index in [2.05, 4.69) is 5.32 Å². The van der Waals surface area contributed by atoms with E-state index >= 15 is 0 Å². The van der Waals surface area contributed by atoms with Gasteiger partial charge in [-0.2, -0.15) is 0 Å². The Morgan fingerprint density at radius 1 is 1.00 bits per heavy atom. The number of carbonyl (C=O) groups excluding carboxylic acids is 3. The molecule has 2 aromatic carbocycles. The monoisotopic (exact) mass is 386 g/mol. The molecule has 148 valence electrons. The number of carbonyl (C=O) groups is 3. The van der Waals surface area contributed by atoms with Crippen LogP contribution in [0.3, 0.4) is 0 Å². The number of primary amides is 1. The summed E-state index contributed by atoms with van der Waals surface area (Å²) in [5.74, 6) is -0.817. The van der Waals surface area contributed by atoms with Crippen molar-refractivity contribution in [1.82, 2.24) is 0 Å². The lowest BCUT2D eigenvalue weighted by Gasteiger charge is -2.11. The van der Waals surface area contributed by atoms with Gasteiger partial charge in [-0.1, -0.05) is 6.92 Å². The number of nitrogens with two attached hydrogens (primary N) is 1. The van der Waals surface area contributed by atoms with Gasteiger partial charge in [-0.3, -0.25) is 9.59 Å². The standard InChI is InChI=1S/C20H22N2O6/c1-3-10-27-16-9-6-14(11-17(16)26-2)20(25)28-12-18(23)22-15-7-4-13(5-8-15)19(21)24/h4-9,11H,3,10,12H2,1-2H3,(H2,21,24)(H,22,23). The van der Waals surface area contributed by atoms with Crippen molar-refractivity contribution in [3.8, 4) is 11.5 Å². The maximum Gasteiger partial charge on any atom is 0.338 e. The number of esters is 1. The van der Waals surface area contributed by atoms with E-state index in [1.165, 1.54) is 43.5 Å². The fraction of sp³-hybridized carbons (Fsp3) is 0.250. The second kappa shape index (κ2) is 9.96. The van der Waals surface area contributed by atoms with Gasteiger partial charge >= 0.3 is 5.97 Å². The van der Waals surface area contributed by atoms with Gasteiger partial charge in [-0.05, 0) is 48.9 Å². The van der Waals surface area contributed by atoms with E-state index in [1.54, 1.807) is 6.07 Å². The van der Waals surface area contributed by atoms with E-state index in [4.69, 9.17) is 19.9 Å². The van der Waals surface area contributed by atoms with Crippen molar-refractivity contribution in [3.05, 3.63) is 53.6 Å². The molecule has 0 aliphatic rings. The number of hydrogen-bond acceptors (Lipinski definition) is 6. The first-order valence-corrected chi connectivity index (χ1v) is 8.62. The average Bonchev–Trinajstić information content (AvgIpc) is 2.70. The summed E-state index contributed by atoms with van der Waals surface area (Å²) < 4.78 is 15.8. The Morgan fingerprint density at radius 2 is 1.68 bits per heavy atom. The zero-order valence-corrected chi connectivity index (χ0v) is 15.7. The van der Waals surface area contributed by atoms with Crippen molar-refractivity contribution in [2.75, 3.05) is 25.6 Å². The van der Waals surface area contributed by atoms with Gasteiger partial charge in [0.05, 0.1) is 19.3 Å². The summed E-state index contributed by atoms with van der Waals surface area (Å²) in [6.45, 7) is 2.04. The molecule has 2 amide bonds. The minimum atomic E-state index is -0.667. The summed E-state index contributed by atoms with van der Waals surface area (Å²) in [4.78, 5) is 35.1. The van der Waals surface area contributed by atoms with E-state index in [0.717, 1.165) is 6.42 Å². The average molecular weight is 386 g/mol. The lowest BCUT2D eigenvalue weighted by molar-refractivity contribution is -0.119. The molecule has 2 rings (SSSR count). The van der Waals surface area contributed by atoms with Crippen LogP contribution in [0.15, 0.2) is 42.5 Å². The number of rotatable bonds is 9. The predicted octanol–water partition coefficient (Wildman–Crippen LogP) is 2.38. The molecule has 0 aromatic heterocycles. The molecule has 3 N–H and O–H groups in total. The first-order chi connectivity index (χ1) is 13.4. The van der Waals surface area contributed by atoms with E-state index < -0.39 is 24.4 Å². The van der Waals surface area contributed by atoms with Crippen LogP contribution < -0.4 is 20.5 Å². The van der Waals surface area contributed by atoms with Gasteiger partial charge in [0.2, 0.25) is 5.91 Å². The summed E-state index contributed by atoms with van der Waals surface area (Å²) in [6, 6.07) is 10.7. The number of amides is 2. The Balaban J connectivity index is 1.92. The number of nitrogens with one attached hydrogen (secondary N) is 1. The highest BCUT2D eigenvalue weighted by Gasteiger charge is 2.14. The van der Waals surface area contributed by atoms with Crippen molar-refractivity contribution in [1.29, 1.82) is 0 Å². The van der Waals surface area contributed by atoms with Crippen LogP contribution in [0.1, 0.15) is 34.1 Å². The van der Waals surface area contributed by atoms with Crippen molar-refractivity contribution >= 4 is 23.5 Å². The second-order valence-corrected chi connectivity index (χ2v) is 5.78. The van der Waals surface area contributed by atoms with Crippen molar-refractivity contribution in [2.45, 2.75) is 13.3 Å². The first kappa shape index (κ1) is 20.8. The molecule has 0 unspecified atom stereocenters. The molecule has 0 aliphatic carbocycles. The van der Waals surface area contributed by atoms with Crippen molar-refractivity contribution < 1.29 is 28.6 Å². The van der Waals surface area contributed by atoms with Crippen molar-refractivity contribution in [3.63, 3.8) is 0 Å². The van der Waals surface area contributed by atoms with Gasteiger partial charge in [0.15, 0.2) is 18.1 Å². The van der Waals surface area contributed by atoms with Gasteiger partial charge < -0.3 is 25.3 Å². The molecule has 8 heteroatoms. The number of benzene rings is 2. The molecule has 2 aromatic rings. The van der Waals surface area contributed by atoms with E-state index in [-0.39, 0.29) is 5.56 Å². The molecule has 0 atom stereocenters. The first-order valence-electron chi connectivity index (χ1n) is 8.62. The smallest absolute Gasteiger partial charge is 0.338 e. The third-order valence-corrected chi connectivity index (χ3v) is 3.65. The van der Waals surface area contributed by atoms with Gasteiger partial charge in [0.1, 0.15) is 0 Å². The highest BCUT2D eigenvalue weighted by molar-refractivity contribution is 5.97. The summed E-state index contributed by atoms with van der Waals surface area (Å²) in [6.07, 6.45) is 0.841. The lowest BCUT2D eigenvalue weighted by Crippen LogP contribution is -2.21. The SMILES string of the molecule is CCCOc1ccc(C(=O)OCC(=O)Nc2ccc(C(N)=O)cc2)cc1OC. The number of methoxy groups -OCH3 is 1. The maximum absolute atomic E-state index is 12.2. The third-order valence-electron chi connectivity index (χ3n) is 3.65. The zero-order chi connectivity index (χ0) is 20.5. The van der Waals surface area contributed by atoms with Crippen LogP contribution in [-0.4, -0.2) is 38.1 Å². The van der Waals surface area contributed by atoms with Gasteiger partial charge in [-0.25, -0.2) is 4.79 Å². The number of ether oxygens (including phenoxy) is 3. The fourth-order valence-electron chi connectivity index (χ4n) is 2.26. The third kappa shape index (κ3) is 5.73. The largest absolute Gasteiger partial charge is 0.493 e. The zero-order valence-electron chi connectivity index (χ0n) is 15.7. The molecule has 8 nitrogen and oxygen atoms in total. The predicted molar refractivity (Wildman–Crippen MR) is 103 cm³/mol. The van der Waals surface area contributed by atoms with Gasteiger partial charge in [0, 0.05) is 11.3 Å². The Hall–Kier alpha value is -3.55. The number of hydrogen-bond donors (Lipinski definition) is 2. The Morgan fingerprint density at radius 3 is 2.29 bits per heavy atom. The molecule has 0 saturated heterocycles. The minimum absolute atomic E-state index is 0.235. The van der Waals surface area contributed by atoms with Crippen LogP contribution in [0.25, 0.3) is 0 Å². The Labute approximate surface area is 162 Å². The highest BCUT2D eigenvalue weighted by atomic mass is 16.5. The topological polar surface area (TPSA) is 117 Å². The van der Waals surface area contributed by atoms with Crippen molar-refractivity contribution in [2.24, 2.45) is 5.73 Å². The molecular formula is C20H22N2O6. The second-order valence-electron chi connectivity index (χ2n) is 5.78. The molecule has 0 aliphatic heterocycles. The molecular weight excluding hydrogens is 364 g/mol. The summed E-state index contributed by atoms with van der Waals surface area (Å²) in [5, 5.41) is 2.56. The molecule has 28 heavy (non-hydrogen) atoms.